The summed E-state index contributed by atoms with van der Waals surface area (Å²) in [5.41, 5.74) is 0.220. The van der Waals surface area contributed by atoms with Crippen LogP contribution in [0, 0.1) is 6.08 Å². The molecule has 0 aliphatic carbocycles. The van der Waals surface area contributed by atoms with Gasteiger partial charge in [0.05, 0.1) is 0 Å². The first-order valence-electron chi connectivity index (χ1n) is 7.88. The number of allylic oxidation sites excluding steroid dienone is 3. The van der Waals surface area contributed by atoms with Crippen molar-refractivity contribution in [1.82, 2.24) is 5.32 Å². The summed E-state index contributed by atoms with van der Waals surface area (Å²) in [6.45, 7) is 13.2. The Labute approximate surface area is 172 Å². The molecule has 6 heteroatoms. The average molecular weight is 411 g/mol. The SMILES string of the molecule is C=C[C-]=C(/C=C\C)C(=O)[N-]C(CCC=O)C(=O)NC.CC.CC.[Y]. The maximum absolute atomic E-state index is 11.9. The molecule has 0 spiro atoms. The molecule has 0 fully saturated rings. The predicted octanol–water partition coefficient (Wildman–Crippen LogP) is 3.52. The molecule has 1 N–H and O–H groups in total. The molecule has 5 nitrogen and oxygen atoms in total. The summed E-state index contributed by atoms with van der Waals surface area (Å²) in [6.07, 6.45) is 8.26. The van der Waals surface area contributed by atoms with Crippen LogP contribution in [0.2, 0.25) is 0 Å². The number of nitrogens with one attached hydrogen (secondary N) is 1. The normalized spacial score (nSPS) is 10.7. The van der Waals surface area contributed by atoms with Crippen LogP contribution in [-0.4, -0.2) is 31.2 Å². The van der Waals surface area contributed by atoms with Gasteiger partial charge < -0.3 is 20.2 Å². The van der Waals surface area contributed by atoms with Gasteiger partial charge in [-0.05, 0) is 11.9 Å². The quantitative estimate of drug-likeness (QED) is 0.287. The number of amides is 2. The molecule has 1 radical (unpaired) electrons. The maximum Gasteiger partial charge on any atom is 0.204 e. The van der Waals surface area contributed by atoms with E-state index < -0.39 is 17.9 Å². The molecule has 1 unspecified atom stereocenters. The summed E-state index contributed by atoms with van der Waals surface area (Å²) in [6, 6.07) is -0.866. The van der Waals surface area contributed by atoms with Crippen molar-refractivity contribution in [3.05, 3.63) is 41.8 Å². The van der Waals surface area contributed by atoms with Crippen molar-refractivity contribution in [2.75, 3.05) is 7.05 Å². The van der Waals surface area contributed by atoms with Crippen molar-refractivity contribution in [1.29, 1.82) is 0 Å². The number of hydrogen-bond donors (Lipinski definition) is 1. The molecule has 0 aromatic carbocycles. The number of likely N-dealkylation sites (N-methyl/N-ethyl adjacent to an activating group) is 1. The zero-order valence-electron chi connectivity index (χ0n) is 15.8. The van der Waals surface area contributed by atoms with Crippen molar-refractivity contribution in [2.24, 2.45) is 0 Å². The van der Waals surface area contributed by atoms with E-state index in [0.29, 0.717) is 6.29 Å². The average Bonchev–Trinajstić information content (AvgIpc) is 2.61. The van der Waals surface area contributed by atoms with Gasteiger partial charge in [-0.15, -0.1) is 23.8 Å². The Morgan fingerprint density at radius 3 is 2.17 bits per heavy atom. The Morgan fingerprint density at radius 2 is 1.79 bits per heavy atom. The van der Waals surface area contributed by atoms with Gasteiger partial charge in [-0.1, -0.05) is 41.0 Å². The van der Waals surface area contributed by atoms with Crippen LogP contribution in [-0.2, 0) is 47.1 Å². The van der Waals surface area contributed by atoms with Gasteiger partial charge >= 0.3 is 0 Å². The second-order valence-electron chi connectivity index (χ2n) is 3.57. The Morgan fingerprint density at radius 1 is 1.25 bits per heavy atom. The standard InChI is InChI=1S/C14H19N2O3.2C2H6.Y/c1-4-7-11(8-5-2)13(18)16-12(9-6-10-17)14(19)15-3;2*1-2;/h4-5,8,10,12H,1,6,9H2,2-3H3,(H2,15,16,18,19);2*1-2H3;/q-1;;;/p-1/b8-5-;;;. The van der Waals surface area contributed by atoms with Gasteiger partial charge in [-0.3, -0.25) is 4.79 Å². The third kappa shape index (κ3) is 15.8. The molecule has 0 bridgehead atoms. The minimum atomic E-state index is -0.866. The molecule has 1 atom stereocenters. The number of nitrogens with zero attached hydrogens (tertiary/aromatic N) is 1. The van der Waals surface area contributed by atoms with E-state index in [2.05, 4.69) is 23.3 Å². The van der Waals surface area contributed by atoms with Crippen LogP contribution in [0.4, 0.5) is 0 Å². The van der Waals surface area contributed by atoms with E-state index in [4.69, 9.17) is 0 Å². The number of hydrogen-bond acceptors (Lipinski definition) is 3. The van der Waals surface area contributed by atoms with Crippen molar-refractivity contribution in [3.63, 3.8) is 0 Å². The minimum Gasteiger partial charge on any atom is -0.684 e. The zero-order valence-corrected chi connectivity index (χ0v) is 18.6. The summed E-state index contributed by atoms with van der Waals surface area (Å²) in [5.74, 6) is -0.953. The van der Waals surface area contributed by atoms with Gasteiger partial charge in [0.15, 0.2) is 0 Å². The van der Waals surface area contributed by atoms with E-state index in [-0.39, 0.29) is 51.1 Å². The fraction of sp³-hybridized carbons (Fsp3) is 0.500. The van der Waals surface area contributed by atoms with Gasteiger partial charge in [-0.25, -0.2) is 0 Å². The molecule has 2 amide bonds. The Balaban J connectivity index is -0.000000369. The summed E-state index contributed by atoms with van der Waals surface area (Å²) >= 11 is 0. The molecule has 0 aliphatic heterocycles. The Kier molecular flexibility index (Phi) is 31.0. The predicted molar refractivity (Wildman–Crippen MR) is 96.0 cm³/mol. The van der Waals surface area contributed by atoms with E-state index in [0.717, 1.165) is 0 Å². The molecule has 0 saturated heterocycles. The number of rotatable bonds is 8. The molecule has 0 aromatic heterocycles. The summed E-state index contributed by atoms with van der Waals surface area (Å²) in [4.78, 5) is 33.8. The number of carbonyl (C=O) groups excluding carboxylic acids is 3. The molecule has 0 aliphatic rings. The largest absolute Gasteiger partial charge is 0.684 e. The minimum absolute atomic E-state index is 0. The van der Waals surface area contributed by atoms with Gasteiger partial charge in [0, 0.05) is 46.2 Å². The molecular weight excluding hydrogens is 381 g/mol. The fourth-order valence-electron chi connectivity index (χ4n) is 1.32. The summed E-state index contributed by atoms with van der Waals surface area (Å²) < 4.78 is 0. The van der Waals surface area contributed by atoms with Crippen LogP contribution < -0.4 is 5.32 Å². The van der Waals surface area contributed by atoms with Crippen LogP contribution in [0.3, 0.4) is 0 Å². The molecule has 0 heterocycles. The number of aldehydes is 1. The molecule has 135 valence electrons. The first kappa shape index (κ1) is 30.8. The first-order valence-corrected chi connectivity index (χ1v) is 7.88. The van der Waals surface area contributed by atoms with E-state index in [1.54, 1.807) is 13.0 Å². The Bertz CT molecular complexity index is 405. The van der Waals surface area contributed by atoms with Gasteiger partial charge in [-0.2, -0.15) is 12.7 Å². The van der Waals surface area contributed by atoms with Gasteiger partial charge in [0.2, 0.25) is 5.91 Å². The smallest absolute Gasteiger partial charge is 0.204 e. The maximum atomic E-state index is 11.9. The van der Waals surface area contributed by atoms with Crippen LogP contribution in [0.15, 0.2) is 30.4 Å². The third-order valence-electron chi connectivity index (χ3n) is 2.20. The van der Waals surface area contributed by atoms with Crippen molar-refractivity contribution in [2.45, 2.75) is 53.5 Å². The van der Waals surface area contributed by atoms with Crippen LogP contribution in [0.1, 0.15) is 47.5 Å². The second kappa shape index (κ2) is 24.2. The molecule has 0 rings (SSSR count). The third-order valence-corrected chi connectivity index (χ3v) is 2.20. The van der Waals surface area contributed by atoms with E-state index in [1.165, 1.54) is 19.2 Å². The van der Waals surface area contributed by atoms with Crippen molar-refractivity contribution < 1.29 is 47.1 Å². The zero-order chi connectivity index (χ0) is 18.7. The van der Waals surface area contributed by atoms with Crippen LogP contribution >= 0.6 is 0 Å². The topological polar surface area (TPSA) is 77.3 Å². The molecule has 0 saturated carbocycles. The van der Waals surface area contributed by atoms with E-state index in [1.807, 2.05) is 27.7 Å². The summed E-state index contributed by atoms with van der Waals surface area (Å²) in [5, 5.41) is 6.23. The monoisotopic (exact) mass is 411 g/mol. The number of carbonyl (C=O) groups is 3. The van der Waals surface area contributed by atoms with E-state index >= 15 is 0 Å². The first-order chi connectivity index (χ1) is 11.1. The van der Waals surface area contributed by atoms with Gasteiger partial charge in [0.25, 0.3) is 0 Å². The van der Waals surface area contributed by atoms with Crippen LogP contribution in [0.5, 0.6) is 0 Å². The molecule has 0 aromatic rings. The van der Waals surface area contributed by atoms with Crippen LogP contribution in [0.25, 0.3) is 5.32 Å². The molecular formula is C18H30N2O3Y-2. The summed E-state index contributed by atoms with van der Waals surface area (Å²) in [7, 11) is 1.45. The Hall–Kier alpha value is -1.07. The van der Waals surface area contributed by atoms with Crippen molar-refractivity contribution >= 4 is 18.1 Å². The molecule has 24 heavy (non-hydrogen) atoms. The van der Waals surface area contributed by atoms with Gasteiger partial charge in [0.1, 0.15) is 6.29 Å². The van der Waals surface area contributed by atoms with Crippen molar-refractivity contribution in [3.8, 4) is 0 Å². The van der Waals surface area contributed by atoms with E-state index in [9.17, 15) is 14.4 Å². The fourth-order valence-corrected chi connectivity index (χ4v) is 1.32. The second-order valence-corrected chi connectivity index (χ2v) is 3.57.